The van der Waals surface area contributed by atoms with Crippen LogP contribution in [0.2, 0.25) is 0 Å². The van der Waals surface area contributed by atoms with E-state index in [9.17, 15) is 5.11 Å². The summed E-state index contributed by atoms with van der Waals surface area (Å²) in [4.78, 5) is 0. The molecule has 3 rings (SSSR count). The van der Waals surface area contributed by atoms with Gasteiger partial charge in [0.05, 0.1) is 0 Å². The van der Waals surface area contributed by atoms with Crippen molar-refractivity contribution in [1.82, 2.24) is 0 Å². The molecular formula is C31H36O2. The summed E-state index contributed by atoms with van der Waals surface area (Å²) >= 11 is 0. The Labute approximate surface area is 199 Å². The molecule has 0 amide bonds. The average Bonchev–Trinajstić information content (AvgIpc) is 2.86. The minimum absolute atomic E-state index is 0.258. The van der Waals surface area contributed by atoms with Crippen LogP contribution in [0.15, 0.2) is 72.8 Å². The minimum Gasteiger partial charge on any atom is -0.396 e. The SMILES string of the molecule is CCC(COC)C(CCCCO)c1ccc(C#Cc2ccc(-c3ccc(C)cc3)cc2)cc1. The number of hydrogen-bond donors (Lipinski definition) is 1. The van der Waals surface area contributed by atoms with Crippen molar-refractivity contribution in [2.75, 3.05) is 20.3 Å². The Bertz CT molecular complexity index is 1020. The number of rotatable bonds is 10. The average molecular weight is 441 g/mol. The number of aliphatic hydroxyl groups excluding tert-OH is 1. The van der Waals surface area contributed by atoms with Crippen molar-refractivity contribution < 1.29 is 9.84 Å². The van der Waals surface area contributed by atoms with Crippen LogP contribution in [0.4, 0.5) is 0 Å². The molecule has 0 fully saturated rings. The third kappa shape index (κ3) is 7.32. The second-order valence-electron chi connectivity index (χ2n) is 8.76. The zero-order valence-corrected chi connectivity index (χ0v) is 20.2. The maximum absolute atomic E-state index is 9.18. The van der Waals surface area contributed by atoms with Gasteiger partial charge in [0.15, 0.2) is 0 Å². The van der Waals surface area contributed by atoms with E-state index in [1.165, 1.54) is 22.3 Å². The Morgan fingerprint density at radius 3 is 1.85 bits per heavy atom. The summed E-state index contributed by atoms with van der Waals surface area (Å²) in [6.07, 6.45) is 4.03. The van der Waals surface area contributed by atoms with Crippen LogP contribution in [0, 0.1) is 24.7 Å². The van der Waals surface area contributed by atoms with Crippen molar-refractivity contribution in [3.8, 4) is 23.0 Å². The monoisotopic (exact) mass is 440 g/mol. The Morgan fingerprint density at radius 1 is 0.788 bits per heavy atom. The summed E-state index contributed by atoms with van der Waals surface area (Å²) in [5.41, 5.74) is 7.08. The van der Waals surface area contributed by atoms with Gasteiger partial charge in [0.25, 0.3) is 0 Å². The molecule has 1 N–H and O–H groups in total. The molecule has 0 spiro atoms. The Balaban J connectivity index is 1.71. The lowest BCUT2D eigenvalue weighted by atomic mass is 9.81. The van der Waals surface area contributed by atoms with Gasteiger partial charge < -0.3 is 9.84 Å². The van der Waals surface area contributed by atoms with Gasteiger partial charge in [-0.15, -0.1) is 0 Å². The molecule has 0 radical (unpaired) electrons. The highest BCUT2D eigenvalue weighted by Gasteiger charge is 2.21. The summed E-state index contributed by atoms with van der Waals surface area (Å²) in [7, 11) is 1.78. The highest BCUT2D eigenvalue weighted by molar-refractivity contribution is 5.64. The molecule has 2 unspecified atom stereocenters. The van der Waals surface area contributed by atoms with Crippen molar-refractivity contribution in [1.29, 1.82) is 0 Å². The van der Waals surface area contributed by atoms with Gasteiger partial charge >= 0.3 is 0 Å². The van der Waals surface area contributed by atoms with Crippen molar-refractivity contribution in [3.63, 3.8) is 0 Å². The van der Waals surface area contributed by atoms with Gasteiger partial charge in [0.1, 0.15) is 0 Å². The van der Waals surface area contributed by atoms with Gasteiger partial charge in [-0.3, -0.25) is 0 Å². The fourth-order valence-electron chi connectivity index (χ4n) is 4.33. The van der Waals surface area contributed by atoms with Gasteiger partial charge in [0.2, 0.25) is 0 Å². The number of hydrogen-bond acceptors (Lipinski definition) is 2. The smallest absolute Gasteiger partial charge is 0.0496 e. The maximum atomic E-state index is 9.18. The van der Waals surface area contributed by atoms with E-state index in [1.807, 2.05) is 0 Å². The van der Waals surface area contributed by atoms with Crippen molar-refractivity contribution >= 4 is 0 Å². The lowest BCUT2D eigenvalue weighted by Gasteiger charge is -2.26. The van der Waals surface area contributed by atoms with Crippen LogP contribution in [0.25, 0.3) is 11.1 Å². The molecule has 0 bridgehead atoms. The predicted octanol–water partition coefficient (Wildman–Crippen LogP) is 6.98. The molecule has 0 heterocycles. The van der Waals surface area contributed by atoms with Crippen LogP contribution in [0.1, 0.15) is 60.8 Å². The number of methoxy groups -OCH3 is 1. The van der Waals surface area contributed by atoms with Gasteiger partial charge in [-0.2, -0.15) is 0 Å². The minimum atomic E-state index is 0.258. The Kier molecular flexibility index (Phi) is 9.76. The third-order valence-electron chi connectivity index (χ3n) is 6.36. The second kappa shape index (κ2) is 13.0. The molecule has 172 valence electrons. The first-order valence-corrected chi connectivity index (χ1v) is 12.0. The number of aliphatic hydroxyl groups is 1. The normalized spacial score (nSPS) is 12.6. The van der Waals surface area contributed by atoms with Gasteiger partial charge in [-0.05, 0) is 72.6 Å². The molecule has 3 aromatic carbocycles. The zero-order valence-electron chi connectivity index (χ0n) is 20.2. The molecule has 0 aromatic heterocycles. The lowest BCUT2D eigenvalue weighted by molar-refractivity contribution is 0.132. The molecule has 2 nitrogen and oxygen atoms in total. The highest BCUT2D eigenvalue weighted by atomic mass is 16.5. The molecule has 2 atom stereocenters. The second-order valence-corrected chi connectivity index (χ2v) is 8.76. The first-order valence-electron chi connectivity index (χ1n) is 12.0. The number of benzene rings is 3. The van der Waals surface area contributed by atoms with E-state index in [0.717, 1.165) is 43.4 Å². The number of ether oxygens (including phenoxy) is 1. The first kappa shape index (κ1) is 24.8. The quantitative estimate of drug-likeness (QED) is 0.272. The van der Waals surface area contributed by atoms with Crippen LogP contribution in [-0.2, 0) is 4.74 Å². The molecule has 0 aliphatic heterocycles. The molecule has 2 heteroatoms. The summed E-state index contributed by atoms with van der Waals surface area (Å²) in [6, 6.07) is 25.7. The van der Waals surface area contributed by atoms with E-state index in [4.69, 9.17) is 4.74 Å². The fourth-order valence-corrected chi connectivity index (χ4v) is 4.33. The van der Waals surface area contributed by atoms with Crippen LogP contribution >= 0.6 is 0 Å². The summed E-state index contributed by atoms with van der Waals surface area (Å²) in [6.45, 7) is 5.36. The topological polar surface area (TPSA) is 29.5 Å². The van der Waals surface area contributed by atoms with E-state index < -0.39 is 0 Å². The third-order valence-corrected chi connectivity index (χ3v) is 6.36. The van der Waals surface area contributed by atoms with E-state index in [2.05, 4.69) is 98.5 Å². The molecule has 0 aliphatic rings. The van der Waals surface area contributed by atoms with Crippen molar-refractivity contribution in [2.45, 2.75) is 45.4 Å². The van der Waals surface area contributed by atoms with Gasteiger partial charge in [-0.25, -0.2) is 0 Å². The Hall–Kier alpha value is -2.86. The van der Waals surface area contributed by atoms with Crippen LogP contribution in [0.3, 0.4) is 0 Å². The summed E-state index contributed by atoms with van der Waals surface area (Å²) in [5, 5.41) is 9.18. The maximum Gasteiger partial charge on any atom is 0.0496 e. The first-order chi connectivity index (χ1) is 16.1. The molecule has 3 aromatic rings. The number of aryl methyl sites for hydroxylation is 1. The predicted molar refractivity (Wildman–Crippen MR) is 138 cm³/mol. The fraction of sp³-hybridized carbons (Fsp3) is 0.355. The Morgan fingerprint density at radius 2 is 1.33 bits per heavy atom. The zero-order chi connectivity index (χ0) is 23.5. The highest BCUT2D eigenvalue weighted by Crippen LogP contribution is 2.32. The largest absolute Gasteiger partial charge is 0.396 e. The van der Waals surface area contributed by atoms with Crippen molar-refractivity contribution in [3.05, 3.63) is 95.1 Å². The molecule has 33 heavy (non-hydrogen) atoms. The standard InChI is InChI=1S/C31H36O2/c1-4-27(23-33-3)31(7-5-6-22-32)30-20-14-26(15-21-30)11-10-25-12-18-29(19-13-25)28-16-8-24(2)9-17-28/h8-9,12-21,27,31-32H,4-7,22-23H2,1-3H3. The van der Waals surface area contributed by atoms with Crippen LogP contribution in [-0.4, -0.2) is 25.4 Å². The van der Waals surface area contributed by atoms with Gasteiger partial charge in [0, 0.05) is 31.5 Å². The van der Waals surface area contributed by atoms with E-state index in [0.29, 0.717) is 11.8 Å². The lowest BCUT2D eigenvalue weighted by Crippen LogP contribution is -2.18. The molecular weight excluding hydrogens is 404 g/mol. The van der Waals surface area contributed by atoms with E-state index in [-0.39, 0.29) is 6.61 Å². The molecule has 0 aliphatic carbocycles. The number of unbranched alkanes of at least 4 members (excludes halogenated alkanes) is 1. The molecule has 0 saturated carbocycles. The van der Waals surface area contributed by atoms with Gasteiger partial charge in [-0.1, -0.05) is 85.7 Å². The van der Waals surface area contributed by atoms with Crippen LogP contribution in [0.5, 0.6) is 0 Å². The molecule has 0 saturated heterocycles. The van der Waals surface area contributed by atoms with E-state index in [1.54, 1.807) is 7.11 Å². The summed E-state index contributed by atoms with van der Waals surface area (Å²) in [5.74, 6) is 7.53. The summed E-state index contributed by atoms with van der Waals surface area (Å²) < 4.78 is 5.48. The van der Waals surface area contributed by atoms with E-state index >= 15 is 0 Å². The van der Waals surface area contributed by atoms with Crippen molar-refractivity contribution in [2.24, 2.45) is 5.92 Å². The van der Waals surface area contributed by atoms with Crippen LogP contribution < -0.4 is 0 Å².